The predicted molar refractivity (Wildman–Crippen MR) is 193 cm³/mol. The third kappa shape index (κ3) is 3.44. The molecule has 212 valence electrons. The highest BCUT2D eigenvalue weighted by molar-refractivity contribution is 7.26. The van der Waals surface area contributed by atoms with E-state index >= 15 is 4.39 Å². The van der Waals surface area contributed by atoms with Crippen molar-refractivity contribution in [3.8, 4) is 0 Å². The summed E-state index contributed by atoms with van der Waals surface area (Å²) in [5, 5.41) is 5.97. The highest BCUT2D eigenvalue weighted by atomic mass is 32.1. The molecule has 2 aliphatic heterocycles. The number of rotatable bonds is 2. The van der Waals surface area contributed by atoms with Crippen LogP contribution in [0.4, 0.5) is 38.5 Å². The maximum Gasteiger partial charge on any atom is 0.253 e. The Hall–Kier alpha value is -4.91. The summed E-state index contributed by atoms with van der Waals surface area (Å²) in [6.07, 6.45) is 0. The van der Waals surface area contributed by atoms with Crippen molar-refractivity contribution in [1.82, 2.24) is 0 Å². The summed E-state index contributed by atoms with van der Waals surface area (Å²) in [5.41, 5.74) is 11.0. The molecule has 2 aromatic heterocycles. The number of hydrogen-bond donors (Lipinski definition) is 0. The Morgan fingerprint density at radius 3 is 2.13 bits per heavy atom. The lowest BCUT2D eigenvalue weighted by atomic mass is 9.33. The summed E-state index contributed by atoms with van der Waals surface area (Å²) in [5.74, 6) is -0.232. The molecule has 0 saturated carbocycles. The van der Waals surface area contributed by atoms with Crippen LogP contribution in [0.15, 0.2) is 127 Å². The van der Waals surface area contributed by atoms with Gasteiger partial charge in [0.05, 0.1) is 5.69 Å². The number of nitrogens with zero attached hydrogens (tertiary/aromatic N) is 2. The molecule has 6 heteroatoms. The number of hydrogen-bond acceptors (Lipinski definition) is 4. The van der Waals surface area contributed by atoms with Gasteiger partial charge in [0, 0.05) is 42.5 Å². The van der Waals surface area contributed by atoms with E-state index in [0.717, 1.165) is 22.7 Å². The lowest BCUT2D eigenvalue weighted by Gasteiger charge is -2.44. The van der Waals surface area contributed by atoms with Crippen LogP contribution in [-0.4, -0.2) is 6.71 Å². The van der Waals surface area contributed by atoms with Crippen molar-refractivity contribution >= 4 is 110 Å². The zero-order valence-electron chi connectivity index (χ0n) is 24.3. The zero-order valence-corrected chi connectivity index (χ0v) is 25.9. The molecule has 0 spiro atoms. The van der Waals surface area contributed by atoms with Gasteiger partial charge in [0.15, 0.2) is 0 Å². The average molecular weight is 615 g/mol. The monoisotopic (exact) mass is 614 g/mol. The lowest BCUT2D eigenvalue weighted by molar-refractivity contribution is 0.629. The quantitative estimate of drug-likeness (QED) is 0.179. The molecule has 45 heavy (non-hydrogen) atoms. The molecule has 0 unspecified atom stereocenters. The Bertz CT molecular complexity index is 2510. The largest absolute Gasteiger partial charge is 0.311 e. The summed E-state index contributed by atoms with van der Waals surface area (Å²) in [6, 6.07) is 42.6. The molecule has 0 atom stereocenters. The minimum absolute atomic E-state index is 0.0319. The van der Waals surface area contributed by atoms with Crippen LogP contribution in [0.5, 0.6) is 0 Å². The summed E-state index contributed by atoms with van der Waals surface area (Å²) < 4.78 is 19.6. The van der Waals surface area contributed by atoms with E-state index in [9.17, 15) is 0 Å². The van der Waals surface area contributed by atoms with Crippen molar-refractivity contribution in [2.45, 2.75) is 6.92 Å². The Morgan fingerprint density at radius 2 is 1.29 bits per heavy atom. The number of para-hydroxylation sites is 2. The first kappa shape index (κ1) is 25.4. The van der Waals surface area contributed by atoms with Crippen molar-refractivity contribution in [3.63, 3.8) is 0 Å². The highest BCUT2D eigenvalue weighted by Crippen LogP contribution is 2.47. The number of aryl methyl sites for hydroxylation is 1. The van der Waals surface area contributed by atoms with Gasteiger partial charge in [-0.25, -0.2) is 4.39 Å². The predicted octanol–water partition coefficient (Wildman–Crippen LogP) is 9.80. The summed E-state index contributed by atoms with van der Waals surface area (Å²) >= 11 is 3.59. The molecule has 6 aromatic carbocycles. The van der Waals surface area contributed by atoms with Crippen molar-refractivity contribution < 1.29 is 4.39 Å². The number of thiophene rings is 2. The fourth-order valence-electron chi connectivity index (χ4n) is 7.67. The maximum absolute atomic E-state index is 15.8. The number of benzene rings is 6. The van der Waals surface area contributed by atoms with E-state index in [-0.39, 0.29) is 12.5 Å². The van der Waals surface area contributed by atoms with Gasteiger partial charge in [-0.2, -0.15) is 0 Å². The van der Waals surface area contributed by atoms with Crippen molar-refractivity contribution in [2.75, 3.05) is 9.80 Å². The molecule has 0 amide bonds. The molecule has 0 saturated heterocycles. The zero-order chi connectivity index (χ0) is 29.8. The number of anilines is 6. The summed E-state index contributed by atoms with van der Waals surface area (Å²) in [6.45, 7) is 2.15. The van der Waals surface area contributed by atoms with Gasteiger partial charge in [0.2, 0.25) is 0 Å². The fourth-order valence-corrected chi connectivity index (χ4v) is 9.59. The summed E-state index contributed by atoms with van der Waals surface area (Å²) in [7, 11) is 0. The van der Waals surface area contributed by atoms with Crippen LogP contribution < -0.4 is 26.2 Å². The Labute approximate surface area is 268 Å². The van der Waals surface area contributed by atoms with Gasteiger partial charge in [-0.15, -0.1) is 22.7 Å². The molecule has 0 bridgehead atoms. The van der Waals surface area contributed by atoms with Crippen molar-refractivity contribution in [2.24, 2.45) is 0 Å². The van der Waals surface area contributed by atoms with Crippen molar-refractivity contribution in [3.05, 3.63) is 138 Å². The molecule has 2 nitrogen and oxygen atoms in total. The van der Waals surface area contributed by atoms with Crippen LogP contribution in [-0.2, 0) is 0 Å². The maximum atomic E-state index is 15.8. The van der Waals surface area contributed by atoms with Crippen LogP contribution >= 0.6 is 22.7 Å². The normalized spacial score (nSPS) is 13.4. The molecule has 0 N–H and O–H groups in total. The van der Waals surface area contributed by atoms with Crippen LogP contribution in [0.3, 0.4) is 0 Å². The van der Waals surface area contributed by atoms with E-state index in [2.05, 4.69) is 119 Å². The molecular weight excluding hydrogens is 590 g/mol. The van der Waals surface area contributed by atoms with Crippen LogP contribution in [0.1, 0.15) is 5.56 Å². The Balaban J connectivity index is 1.41. The van der Waals surface area contributed by atoms with Gasteiger partial charge in [0.1, 0.15) is 5.82 Å². The molecular formula is C39H24BFN2S2. The SMILES string of the molecule is Cc1ccccc1N1c2cccc3c2B(c2cc4ccsc4cc2N3c2ccccc2F)c2c1ccc1sc3ccccc3c21. The van der Waals surface area contributed by atoms with Gasteiger partial charge in [-0.3, -0.25) is 0 Å². The van der Waals surface area contributed by atoms with E-state index in [1.165, 1.54) is 57.9 Å². The van der Waals surface area contributed by atoms with Crippen LogP contribution in [0.2, 0.25) is 0 Å². The van der Waals surface area contributed by atoms with E-state index in [0.29, 0.717) is 5.69 Å². The van der Waals surface area contributed by atoms with Gasteiger partial charge >= 0.3 is 0 Å². The van der Waals surface area contributed by atoms with Gasteiger partial charge in [-0.05, 0) is 111 Å². The van der Waals surface area contributed by atoms with Crippen molar-refractivity contribution in [1.29, 1.82) is 0 Å². The van der Waals surface area contributed by atoms with E-state index < -0.39 is 0 Å². The fraction of sp³-hybridized carbons (Fsp3) is 0.0256. The molecule has 0 fully saturated rings. The van der Waals surface area contributed by atoms with E-state index in [4.69, 9.17) is 0 Å². The Morgan fingerprint density at radius 1 is 0.578 bits per heavy atom. The average Bonchev–Trinajstić information content (AvgIpc) is 3.69. The van der Waals surface area contributed by atoms with E-state index in [1.54, 1.807) is 23.5 Å². The van der Waals surface area contributed by atoms with E-state index in [1.807, 2.05) is 23.5 Å². The first-order valence-electron chi connectivity index (χ1n) is 15.2. The molecule has 2 aliphatic rings. The second-order valence-corrected chi connectivity index (χ2v) is 13.9. The van der Waals surface area contributed by atoms with Crippen LogP contribution in [0.25, 0.3) is 30.3 Å². The molecule has 0 aliphatic carbocycles. The number of fused-ring (bicyclic) bond motifs is 9. The molecule has 0 radical (unpaired) electrons. The van der Waals surface area contributed by atoms with Gasteiger partial charge in [-0.1, -0.05) is 60.7 Å². The third-order valence-corrected chi connectivity index (χ3v) is 11.5. The topological polar surface area (TPSA) is 6.48 Å². The van der Waals surface area contributed by atoms with Gasteiger partial charge < -0.3 is 9.80 Å². The molecule has 10 rings (SSSR count). The smallest absolute Gasteiger partial charge is 0.253 e. The first-order chi connectivity index (χ1) is 22.2. The first-order valence-corrected chi connectivity index (χ1v) is 16.9. The summed E-state index contributed by atoms with van der Waals surface area (Å²) in [4.78, 5) is 4.60. The molecule has 8 aromatic rings. The third-order valence-electron chi connectivity index (χ3n) is 9.52. The Kier molecular flexibility index (Phi) is 5.26. The second-order valence-electron chi connectivity index (χ2n) is 11.9. The van der Waals surface area contributed by atoms with Crippen LogP contribution in [0, 0.1) is 12.7 Å². The standard InChI is InChI=1S/C39H24BFN2S2/c1-23-9-2-5-12-28(23)42-30-14-8-15-31-38(30)40(39-32(42)17-18-35-37(39)25-10-3-7-16-34(25)45-35)26-21-24-19-20-44-36(24)22-33(26)43(31)29-13-6-4-11-27(29)41/h2-22H,1H3. The van der Waals surface area contributed by atoms with Gasteiger partial charge in [0.25, 0.3) is 6.71 Å². The minimum atomic E-state index is -0.232. The lowest BCUT2D eigenvalue weighted by Crippen LogP contribution is -2.61. The highest BCUT2D eigenvalue weighted by Gasteiger charge is 2.45. The minimum Gasteiger partial charge on any atom is -0.311 e. The second kappa shape index (κ2) is 9.30. The number of halogens is 1. The molecule has 4 heterocycles.